The minimum atomic E-state index is -1.50. The van der Waals surface area contributed by atoms with Crippen molar-refractivity contribution in [1.82, 2.24) is 0 Å². The molecule has 0 saturated heterocycles. The highest BCUT2D eigenvalue weighted by Crippen LogP contribution is 2.36. The van der Waals surface area contributed by atoms with Crippen molar-refractivity contribution in [3.8, 4) is 0 Å². The number of unbranched alkanes of at least 4 members (excludes halogenated alkanes) is 1. The van der Waals surface area contributed by atoms with Gasteiger partial charge in [-0.2, -0.15) is 0 Å². The van der Waals surface area contributed by atoms with Gasteiger partial charge in [0.15, 0.2) is 8.32 Å². The molecule has 0 aliphatic carbocycles. The minimum Gasteiger partial charge on any atom is -0.417 e. The number of hydrogen-bond donors (Lipinski definition) is 0. The van der Waals surface area contributed by atoms with E-state index in [0.29, 0.717) is 5.04 Å². The summed E-state index contributed by atoms with van der Waals surface area (Å²) in [6, 6.07) is 0. The first-order valence-corrected chi connectivity index (χ1v) is 9.75. The van der Waals surface area contributed by atoms with Crippen molar-refractivity contribution >= 4 is 8.32 Å². The highest BCUT2D eigenvalue weighted by molar-refractivity contribution is 6.74. The van der Waals surface area contributed by atoms with Gasteiger partial charge in [0.25, 0.3) is 0 Å². The highest BCUT2D eigenvalue weighted by atomic mass is 28.4. The van der Waals surface area contributed by atoms with Crippen molar-refractivity contribution in [3.63, 3.8) is 0 Å². The first-order valence-electron chi connectivity index (χ1n) is 6.84. The quantitative estimate of drug-likeness (QED) is 0.558. The maximum Gasteiger partial charge on any atom is 0.191 e. The molecule has 0 N–H and O–H groups in total. The Kier molecular flexibility index (Phi) is 6.88. The van der Waals surface area contributed by atoms with E-state index in [1.165, 1.54) is 25.7 Å². The Morgan fingerprint density at radius 3 is 2.12 bits per heavy atom. The lowest BCUT2D eigenvalue weighted by Gasteiger charge is -2.36. The normalized spacial score (nSPS) is 15.2. The van der Waals surface area contributed by atoms with Crippen LogP contribution in [0.5, 0.6) is 0 Å². The van der Waals surface area contributed by atoms with E-state index in [1.807, 2.05) is 0 Å². The van der Waals surface area contributed by atoms with Crippen LogP contribution in [-0.4, -0.2) is 14.9 Å². The maximum atomic E-state index is 6.18. The molecule has 1 nitrogen and oxygen atoms in total. The lowest BCUT2D eigenvalue weighted by molar-refractivity contribution is 0.255. The molecule has 0 saturated carbocycles. The van der Waals surface area contributed by atoms with Crippen LogP contribution in [0, 0.1) is 5.92 Å². The Hall–Kier alpha value is 0.177. The molecule has 0 aromatic heterocycles. The summed E-state index contributed by atoms with van der Waals surface area (Å²) in [4.78, 5) is 0. The van der Waals surface area contributed by atoms with Gasteiger partial charge in [-0.05, 0) is 30.5 Å². The Morgan fingerprint density at radius 1 is 1.12 bits per heavy atom. The van der Waals surface area contributed by atoms with Crippen LogP contribution in [0.3, 0.4) is 0 Å². The van der Waals surface area contributed by atoms with E-state index in [0.717, 1.165) is 12.5 Å². The molecule has 0 unspecified atom stereocenters. The first-order chi connectivity index (χ1) is 7.20. The monoisotopic (exact) mass is 244 g/mol. The van der Waals surface area contributed by atoms with Crippen LogP contribution in [-0.2, 0) is 4.43 Å². The molecule has 0 heterocycles. The summed E-state index contributed by atoms with van der Waals surface area (Å²) < 4.78 is 6.18. The molecule has 0 bridgehead atoms. The van der Waals surface area contributed by atoms with Crippen LogP contribution in [0.4, 0.5) is 0 Å². The molecule has 0 rings (SSSR count). The summed E-state index contributed by atoms with van der Waals surface area (Å²) in [5.41, 5.74) is 0. The largest absolute Gasteiger partial charge is 0.417 e. The van der Waals surface area contributed by atoms with E-state index >= 15 is 0 Å². The maximum absolute atomic E-state index is 6.18. The zero-order valence-electron chi connectivity index (χ0n) is 12.5. The van der Waals surface area contributed by atoms with Crippen LogP contribution in [0.25, 0.3) is 0 Å². The van der Waals surface area contributed by atoms with Gasteiger partial charge in [0, 0.05) is 6.61 Å². The molecular formula is C14H32OSi. The van der Waals surface area contributed by atoms with Crippen molar-refractivity contribution < 1.29 is 4.43 Å². The van der Waals surface area contributed by atoms with E-state index in [9.17, 15) is 0 Å². The fourth-order valence-corrected chi connectivity index (χ4v) is 2.49. The third kappa shape index (κ3) is 6.05. The fraction of sp³-hybridized carbons (Fsp3) is 1.00. The third-order valence-corrected chi connectivity index (χ3v) is 8.47. The zero-order valence-corrected chi connectivity index (χ0v) is 13.5. The van der Waals surface area contributed by atoms with Crippen LogP contribution in [0.15, 0.2) is 0 Å². The summed E-state index contributed by atoms with van der Waals surface area (Å²) in [5, 5.41) is 0.347. The lowest BCUT2D eigenvalue weighted by atomic mass is 10.0. The fourth-order valence-electron chi connectivity index (χ4n) is 1.43. The van der Waals surface area contributed by atoms with Gasteiger partial charge in [-0.15, -0.1) is 0 Å². The molecule has 0 aromatic rings. The zero-order chi connectivity index (χ0) is 12.8. The van der Waals surface area contributed by atoms with Gasteiger partial charge in [0.1, 0.15) is 0 Å². The minimum absolute atomic E-state index is 0.347. The first kappa shape index (κ1) is 16.2. The van der Waals surface area contributed by atoms with Gasteiger partial charge in [0.2, 0.25) is 0 Å². The molecule has 1 atom stereocenters. The second-order valence-corrected chi connectivity index (χ2v) is 11.5. The second-order valence-electron chi connectivity index (χ2n) is 6.64. The summed E-state index contributed by atoms with van der Waals surface area (Å²) in [6.07, 6.45) is 5.26. The van der Waals surface area contributed by atoms with Gasteiger partial charge in [-0.1, -0.05) is 53.9 Å². The Morgan fingerprint density at radius 2 is 1.69 bits per heavy atom. The molecule has 0 radical (unpaired) electrons. The lowest BCUT2D eigenvalue weighted by Crippen LogP contribution is -2.41. The van der Waals surface area contributed by atoms with Crippen LogP contribution < -0.4 is 0 Å². The summed E-state index contributed by atoms with van der Waals surface area (Å²) in [5.74, 6) is 0.824. The van der Waals surface area contributed by atoms with Gasteiger partial charge in [-0.3, -0.25) is 0 Å². The van der Waals surface area contributed by atoms with Crippen molar-refractivity contribution in [3.05, 3.63) is 0 Å². The van der Waals surface area contributed by atoms with Crippen LogP contribution in [0.2, 0.25) is 18.1 Å². The molecule has 0 aliphatic heterocycles. The van der Waals surface area contributed by atoms with Gasteiger partial charge < -0.3 is 4.43 Å². The van der Waals surface area contributed by atoms with Gasteiger partial charge in [-0.25, -0.2) is 0 Å². The van der Waals surface area contributed by atoms with E-state index in [-0.39, 0.29) is 0 Å². The predicted octanol–water partition coefficient (Wildman–Crippen LogP) is 5.22. The Labute approximate surface area is 104 Å². The van der Waals surface area contributed by atoms with Gasteiger partial charge in [0.05, 0.1) is 0 Å². The van der Waals surface area contributed by atoms with E-state index in [4.69, 9.17) is 4.43 Å². The van der Waals surface area contributed by atoms with Crippen molar-refractivity contribution in [2.24, 2.45) is 5.92 Å². The molecule has 0 fully saturated rings. The average molecular weight is 244 g/mol. The molecule has 0 spiro atoms. The summed E-state index contributed by atoms with van der Waals surface area (Å²) in [7, 11) is -1.50. The average Bonchev–Trinajstić information content (AvgIpc) is 2.12. The van der Waals surface area contributed by atoms with Crippen LogP contribution >= 0.6 is 0 Å². The molecule has 98 valence electrons. The van der Waals surface area contributed by atoms with Gasteiger partial charge >= 0.3 is 0 Å². The number of hydrogen-bond acceptors (Lipinski definition) is 1. The summed E-state index contributed by atoms with van der Waals surface area (Å²) in [6.45, 7) is 17.2. The third-order valence-electron chi connectivity index (χ3n) is 3.93. The molecular weight excluding hydrogens is 212 g/mol. The molecule has 0 amide bonds. The summed E-state index contributed by atoms with van der Waals surface area (Å²) >= 11 is 0. The highest BCUT2D eigenvalue weighted by Gasteiger charge is 2.36. The SMILES string of the molecule is CCCC[C@@H](C)CCO[Si](C)(C)C(C)(C)C. The molecule has 0 aliphatic rings. The standard InChI is InChI=1S/C14H32OSi/c1-8-9-10-13(2)11-12-15-16(6,7)14(3,4)5/h13H,8-12H2,1-7H3/t13-/m1/s1. The van der Waals surface area contributed by atoms with E-state index in [2.05, 4.69) is 47.7 Å². The van der Waals surface area contributed by atoms with Crippen molar-refractivity contribution in [2.45, 2.75) is 78.4 Å². The second kappa shape index (κ2) is 6.80. The Balaban J connectivity index is 3.81. The topological polar surface area (TPSA) is 9.23 Å². The smallest absolute Gasteiger partial charge is 0.191 e. The Bertz CT molecular complexity index is 182. The number of rotatable bonds is 7. The molecule has 16 heavy (non-hydrogen) atoms. The molecule has 2 heteroatoms. The molecule has 0 aromatic carbocycles. The van der Waals surface area contributed by atoms with E-state index in [1.54, 1.807) is 0 Å². The van der Waals surface area contributed by atoms with Crippen molar-refractivity contribution in [1.29, 1.82) is 0 Å². The van der Waals surface area contributed by atoms with Crippen LogP contribution in [0.1, 0.15) is 60.3 Å². The predicted molar refractivity (Wildman–Crippen MR) is 76.5 cm³/mol. The van der Waals surface area contributed by atoms with E-state index < -0.39 is 8.32 Å². The van der Waals surface area contributed by atoms with Crippen molar-refractivity contribution in [2.75, 3.05) is 6.61 Å².